The molecule has 1 aliphatic rings. The van der Waals surface area contributed by atoms with E-state index >= 15 is 0 Å². The molecule has 0 saturated carbocycles. The van der Waals surface area contributed by atoms with Gasteiger partial charge in [0.25, 0.3) is 0 Å². The van der Waals surface area contributed by atoms with Crippen LogP contribution in [0.25, 0.3) is 0 Å². The second kappa shape index (κ2) is 6.62. The normalized spacial score (nSPS) is 21.5. The molecule has 1 N–H and O–H groups in total. The van der Waals surface area contributed by atoms with Crippen LogP contribution in [0.5, 0.6) is 0 Å². The zero-order chi connectivity index (χ0) is 12.8. The number of hydrogen-bond acceptors (Lipinski definition) is 2. The highest BCUT2D eigenvalue weighted by molar-refractivity contribution is 5.80. The molecule has 1 atom stereocenters. The summed E-state index contributed by atoms with van der Waals surface area (Å²) in [6.45, 7) is 7.27. The topological polar surface area (TPSA) is 42.7 Å². The smallest absolute Gasteiger partial charge is 0.0958 e. The van der Waals surface area contributed by atoms with Gasteiger partial charge in [-0.25, -0.2) is 0 Å². The average Bonchev–Trinajstić information content (AvgIpc) is 2.37. The molecule has 17 heavy (non-hydrogen) atoms. The molecule has 0 spiro atoms. The molecular weight excluding hydrogens is 212 g/mol. The van der Waals surface area contributed by atoms with Gasteiger partial charge in [0.2, 0.25) is 0 Å². The van der Waals surface area contributed by atoms with E-state index in [0.717, 1.165) is 37.7 Å². The Morgan fingerprint density at radius 1 is 1.53 bits per heavy atom. The van der Waals surface area contributed by atoms with Crippen molar-refractivity contribution >= 4 is 11.7 Å². The van der Waals surface area contributed by atoms with E-state index in [4.69, 9.17) is 5.41 Å². The summed E-state index contributed by atoms with van der Waals surface area (Å²) in [5.41, 5.74) is 0. The highest BCUT2D eigenvalue weighted by atomic mass is 15.2. The zero-order valence-electron chi connectivity index (χ0n) is 11.7. The summed E-state index contributed by atoms with van der Waals surface area (Å²) in [6.07, 6.45) is 3.37. The molecule has 0 aromatic carbocycles. The molecule has 98 valence electrons. The molecule has 0 aromatic rings. The van der Waals surface area contributed by atoms with Gasteiger partial charge in [-0.15, -0.1) is 0 Å². The molecule has 0 amide bonds. The number of hydrogen-bond donors (Lipinski definition) is 1. The van der Waals surface area contributed by atoms with Gasteiger partial charge in [-0.3, -0.25) is 10.4 Å². The first-order valence-corrected chi connectivity index (χ1v) is 6.55. The van der Waals surface area contributed by atoms with Crippen molar-refractivity contribution in [2.75, 3.05) is 33.7 Å². The summed E-state index contributed by atoms with van der Waals surface area (Å²) >= 11 is 0. The number of nitrogens with one attached hydrogen (secondary N) is 1. The standard InChI is InChI=1S/C13H26N4/c1-5-16(4)13(14)9-12-7-6-8-17(10-12)11(2)15-3/h12,14H,5-10H2,1-4H3. The maximum absolute atomic E-state index is 8.03. The van der Waals surface area contributed by atoms with E-state index in [9.17, 15) is 0 Å². The van der Waals surface area contributed by atoms with Gasteiger partial charge in [0, 0.05) is 40.2 Å². The summed E-state index contributed by atoms with van der Waals surface area (Å²) in [7, 11) is 3.85. The first kappa shape index (κ1) is 14.0. The first-order valence-electron chi connectivity index (χ1n) is 6.55. The minimum atomic E-state index is 0.613. The minimum absolute atomic E-state index is 0.613. The van der Waals surface area contributed by atoms with Gasteiger partial charge in [0.05, 0.1) is 11.7 Å². The Morgan fingerprint density at radius 2 is 2.24 bits per heavy atom. The third-order valence-corrected chi connectivity index (χ3v) is 3.72. The van der Waals surface area contributed by atoms with Crippen molar-refractivity contribution in [2.24, 2.45) is 10.9 Å². The van der Waals surface area contributed by atoms with Gasteiger partial charge in [-0.1, -0.05) is 0 Å². The van der Waals surface area contributed by atoms with Crippen molar-refractivity contribution in [1.29, 1.82) is 5.41 Å². The number of nitrogens with zero attached hydrogens (tertiary/aromatic N) is 3. The van der Waals surface area contributed by atoms with Crippen molar-refractivity contribution in [2.45, 2.75) is 33.1 Å². The zero-order valence-corrected chi connectivity index (χ0v) is 11.7. The first-order chi connectivity index (χ1) is 8.08. The molecule has 0 radical (unpaired) electrons. The lowest BCUT2D eigenvalue weighted by atomic mass is 9.94. The van der Waals surface area contributed by atoms with Crippen LogP contribution in [-0.4, -0.2) is 55.2 Å². The fraction of sp³-hybridized carbons (Fsp3) is 0.846. The largest absolute Gasteiger partial charge is 0.364 e. The molecule has 1 fully saturated rings. The number of aliphatic imine (C=N–C) groups is 1. The third kappa shape index (κ3) is 4.02. The number of amidine groups is 2. The lowest BCUT2D eigenvalue weighted by Crippen LogP contribution is -2.40. The monoisotopic (exact) mass is 238 g/mol. The van der Waals surface area contributed by atoms with E-state index in [2.05, 4.69) is 23.7 Å². The number of likely N-dealkylation sites (tertiary alicyclic amines) is 1. The highest BCUT2D eigenvalue weighted by Gasteiger charge is 2.22. The van der Waals surface area contributed by atoms with Crippen LogP contribution < -0.4 is 0 Å². The van der Waals surface area contributed by atoms with E-state index in [1.54, 1.807) is 0 Å². The van der Waals surface area contributed by atoms with Crippen LogP contribution in [0.2, 0.25) is 0 Å². The molecular formula is C13H26N4. The maximum Gasteiger partial charge on any atom is 0.0958 e. The lowest BCUT2D eigenvalue weighted by molar-refractivity contribution is 0.258. The predicted molar refractivity (Wildman–Crippen MR) is 74.0 cm³/mol. The molecule has 4 nitrogen and oxygen atoms in total. The van der Waals surface area contributed by atoms with Crippen molar-refractivity contribution in [3.8, 4) is 0 Å². The second-order valence-corrected chi connectivity index (χ2v) is 4.89. The van der Waals surface area contributed by atoms with Crippen molar-refractivity contribution in [3.63, 3.8) is 0 Å². The molecule has 0 bridgehead atoms. The third-order valence-electron chi connectivity index (χ3n) is 3.72. The molecule has 0 aliphatic carbocycles. The maximum atomic E-state index is 8.03. The van der Waals surface area contributed by atoms with Crippen molar-refractivity contribution in [3.05, 3.63) is 0 Å². The van der Waals surface area contributed by atoms with Gasteiger partial charge in [0.15, 0.2) is 0 Å². The summed E-state index contributed by atoms with van der Waals surface area (Å²) in [6, 6.07) is 0. The summed E-state index contributed by atoms with van der Waals surface area (Å²) in [5, 5.41) is 8.03. The lowest BCUT2D eigenvalue weighted by Gasteiger charge is -2.34. The Kier molecular flexibility index (Phi) is 5.45. The van der Waals surface area contributed by atoms with Crippen LogP contribution >= 0.6 is 0 Å². The van der Waals surface area contributed by atoms with Crippen LogP contribution in [0, 0.1) is 11.3 Å². The Balaban J connectivity index is 2.47. The van der Waals surface area contributed by atoms with Gasteiger partial charge in [0.1, 0.15) is 0 Å². The highest BCUT2D eigenvalue weighted by Crippen LogP contribution is 2.20. The van der Waals surface area contributed by atoms with Gasteiger partial charge >= 0.3 is 0 Å². The Morgan fingerprint density at radius 3 is 2.82 bits per heavy atom. The molecule has 1 aliphatic heterocycles. The van der Waals surface area contributed by atoms with Crippen molar-refractivity contribution in [1.82, 2.24) is 9.80 Å². The van der Waals surface area contributed by atoms with E-state index in [1.165, 1.54) is 12.8 Å². The fourth-order valence-corrected chi connectivity index (χ4v) is 2.29. The van der Waals surface area contributed by atoms with Crippen LogP contribution in [0.3, 0.4) is 0 Å². The minimum Gasteiger partial charge on any atom is -0.364 e. The van der Waals surface area contributed by atoms with Crippen LogP contribution in [0.1, 0.15) is 33.1 Å². The average molecular weight is 238 g/mol. The van der Waals surface area contributed by atoms with E-state index in [1.807, 2.05) is 19.0 Å². The summed E-state index contributed by atoms with van der Waals surface area (Å²) < 4.78 is 0. The molecule has 1 unspecified atom stereocenters. The van der Waals surface area contributed by atoms with E-state index in [0.29, 0.717) is 5.92 Å². The molecule has 1 heterocycles. The van der Waals surface area contributed by atoms with Crippen LogP contribution in [-0.2, 0) is 0 Å². The van der Waals surface area contributed by atoms with E-state index < -0.39 is 0 Å². The molecule has 1 rings (SSSR count). The number of piperidine rings is 1. The van der Waals surface area contributed by atoms with Gasteiger partial charge in [-0.05, 0) is 32.6 Å². The summed E-state index contributed by atoms with van der Waals surface area (Å²) in [5.74, 6) is 2.51. The Hall–Kier alpha value is -1.06. The summed E-state index contributed by atoms with van der Waals surface area (Å²) in [4.78, 5) is 8.64. The Bertz CT molecular complexity index is 285. The van der Waals surface area contributed by atoms with Gasteiger partial charge < -0.3 is 9.80 Å². The SMILES string of the molecule is CCN(C)C(=N)CC1CCCN(C(C)=NC)C1. The van der Waals surface area contributed by atoms with Crippen molar-refractivity contribution < 1.29 is 0 Å². The van der Waals surface area contributed by atoms with Crippen LogP contribution in [0.15, 0.2) is 4.99 Å². The van der Waals surface area contributed by atoms with Gasteiger partial charge in [-0.2, -0.15) is 0 Å². The second-order valence-electron chi connectivity index (χ2n) is 4.89. The quantitative estimate of drug-likeness (QED) is 0.604. The van der Waals surface area contributed by atoms with Crippen LogP contribution in [0.4, 0.5) is 0 Å². The Labute approximate surface area is 105 Å². The fourth-order valence-electron chi connectivity index (χ4n) is 2.29. The number of rotatable bonds is 3. The van der Waals surface area contributed by atoms with E-state index in [-0.39, 0.29) is 0 Å². The molecule has 0 aromatic heterocycles. The predicted octanol–water partition coefficient (Wildman–Crippen LogP) is 2.07. The molecule has 4 heteroatoms. The molecule has 1 saturated heterocycles.